The van der Waals surface area contributed by atoms with Crippen LogP contribution in [-0.4, -0.2) is 25.1 Å². The fraction of sp³-hybridized carbons (Fsp3) is 0.167. The van der Waals surface area contributed by atoms with Gasteiger partial charge in [0.2, 0.25) is 16.9 Å². The van der Waals surface area contributed by atoms with Crippen LogP contribution in [0.5, 0.6) is 0 Å². The molecule has 0 unspecified atom stereocenters. The van der Waals surface area contributed by atoms with Gasteiger partial charge in [-0.1, -0.05) is 29.4 Å². The summed E-state index contributed by atoms with van der Waals surface area (Å²) in [6.45, 7) is 1.78. The first-order valence-electron chi connectivity index (χ1n) is 6.01. The van der Waals surface area contributed by atoms with Crippen molar-refractivity contribution in [3.8, 4) is 11.5 Å². The van der Waals surface area contributed by atoms with Crippen LogP contribution in [0.25, 0.3) is 11.5 Å². The lowest BCUT2D eigenvalue weighted by molar-refractivity contribution is 0.528. The zero-order chi connectivity index (χ0) is 14.8. The number of halogens is 1. The minimum absolute atomic E-state index is 0.429. The molecular formula is C12H11ClN6OS. The molecule has 0 bridgehead atoms. The first kappa shape index (κ1) is 13.9. The van der Waals surface area contributed by atoms with Crippen LogP contribution in [0.2, 0.25) is 5.02 Å². The molecule has 7 nitrogen and oxygen atoms in total. The fourth-order valence-corrected chi connectivity index (χ4v) is 2.55. The van der Waals surface area contributed by atoms with E-state index >= 15 is 0 Å². The third-order valence-electron chi connectivity index (χ3n) is 2.70. The first-order valence-corrected chi connectivity index (χ1v) is 7.38. The number of aromatic nitrogens is 5. The highest BCUT2D eigenvalue weighted by atomic mass is 35.5. The summed E-state index contributed by atoms with van der Waals surface area (Å²) in [5.74, 6) is 7.78. The number of aryl methyl sites for hydroxylation is 1. The number of thioether (sulfide) groups is 1. The van der Waals surface area contributed by atoms with E-state index in [1.165, 1.54) is 16.4 Å². The Morgan fingerprint density at radius 3 is 2.86 bits per heavy atom. The second-order valence-electron chi connectivity index (χ2n) is 4.20. The van der Waals surface area contributed by atoms with Crippen molar-refractivity contribution < 1.29 is 4.42 Å². The molecule has 3 rings (SSSR count). The standard InChI is InChI=1S/C12H11ClN6OS/c1-7-15-18-12(19(7)14)21-6-10-16-17-11(20-10)8-3-2-4-9(13)5-8/h2-5H,6,14H2,1H3. The second-order valence-corrected chi connectivity index (χ2v) is 5.58. The third-order valence-corrected chi connectivity index (χ3v) is 3.86. The summed E-state index contributed by atoms with van der Waals surface area (Å²) in [7, 11) is 0. The van der Waals surface area contributed by atoms with E-state index in [9.17, 15) is 0 Å². The van der Waals surface area contributed by atoms with Gasteiger partial charge in [-0.3, -0.25) is 0 Å². The normalized spacial score (nSPS) is 11.0. The number of nitrogens with zero attached hydrogens (tertiary/aromatic N) is 5. The third kappa shape index (κ3) is 3.01. The molecule has 0 saturated carbocycles. The molecule has 108 valence electrons. The summed E-state index contributed by atoms with van der Waals surface area (Å²) in [6.07, 6.45) is 0. The van der Waals surface area contributed by atoms with E-state index in [0.29, 0.717) is 33.5 Å². The highest BCUT2D eigenvalue weighted by Gasteiger charge is 2.12. The van der Waals surface area contributed by atoms with Gasteiger partial charge in [0.1, 0.15) is 5.82 Å². The smallest absolute Gasteiger partial charge is 0.247 e. The Kier molecular flexibility index (Phi) is 3.80. The predicted molar refractivity (Wildman–Crippen MR) is 79.2 cm³/mol. The topological polar surface area (TPSA) is 95.6 Å². The van der Waals surface area contributed by atoms with Crippen LogP contribution >= 0.6 is 23.4 Å². The van der Waals surface area contributed by atoms with Crippen LogP contribution < -0.4 is 5.84 Å². The summed E-state index contributed by atoms with van der Waals surface area (Å²) < 4.78 is 7.01. The Hall–Kier alpha value is -2.06. The SMILES string of the molecule is Cc1nnc(SCc2nnc(-c3cccc(Cl)c3)o2)n1N. The highest BCUT2D eigenvalue weighted by molar-refractivity contribution is 7.98. The fourth-order valence-electron chi connectivity index (χ4n) is 1.62. The van der Waals surface area contributed by atoms with Gasteiger partial charge in [-0.05, 0) is 25.1 Å². The molecule has 2 aromatic heterocycles. The van der Waals surface area contributed by atoms with Gasteiger partial charge in [0.15, 0.2) is 0 Å². The van der Waals surface area contributed by atoms with Gasteiger partial charge in [-0.15, -0.1) is 20.4 Å². The average Bonchev–Trinajstić information content (AvgIpc) is 3.06. The van der Waals surface area contributed by atoms with Crippen molar-refractivity contribution in [2.75, 3.05) is 5.84 Å². The van der Waals surface area contributed by atoms with Gasteiger partial charge in [-0.2, -0.15) is 0 Å². The Bertz CT molecular complexity index is 771. The zero-order valence-corrected chi connectivity index (χ0v) is 12.6. The molecule has 1 aromatic carbocycles. The Labute approximate surface area is 129 Å². The average molecular weight is 323 g/mol. The number of hydrogen-bond donors (Lipinski definition) is 1. The van der Waals surface area contributed by atoms with Crippen molar-refractivity contribution in [3.05, 3.63) is 41.0 Å². The Morgan fingerprint density at radius 2 is 2.14 bits per heavy atom. The van der Waals surface area contributed by atoms with E-state index in [2.05, 4.69) is 20.4 Å². The van der Waals surface area contributed by atoms with Crippen LogP contribution in [0, 0.1) is 6.92 Å². The van der Waals surface area contributed by atoms with Gasteiger partial charge < -0.3 is 10.3 Å². The van der Waals surface area contributed by atoms with Crippen molar-refractivity contribution in [2.24, 2.45) is 0 Å². The Morgan fingerprint density at radius 1 is 1.29 bits per heavy atom. The largest absolute Gasteiger partial charge is 0.420 e. The zero-order valence-electron chi connectivity index (χ0n) is 11.0. The number of hydrogen-bond acceptors (Lipinski definition) is 7. The maximum absolute atomic E-state index is 5.94. The summed E-state index contributed by atoms with van der Waals surface area (Å²) in [4.78, 5) is 0. The first-order chi connectivity index (χ1) is 10.1. The number of benzene rings is 1. The number of nitrogens with two attached hydrogens (primary N) is 1. The van der Waals surface area contributed by atoms with E-state index < -0.39 is 0 Å². The molecule has 9 heteroatoms. The van der Waals surface area contributed by atoms with Crippen LogP contribution in [0.1, 0.15) is 11.7 Å². The molecule has 0 amide bonds. The van der Waals surface area contributed by atoms with Gasteiger partial charge in [0.25, 0.3) is 0 Å². The minimum atomic E-state index is 0.429. The van der Waals surface area contributed by atoms with E-state index in [0.717, 1.165) is 5.56 Å². The maximum Gasteiger partial charge on any atom is 0.247 e. The predicted octanol–water partition coefficient (Wildman–Crippen LogP) is 2.30. The molecule has 2 N–H and O–H groups in total. The van der Waals surface area contributed by atoms with Crippen LogP contribution in [0.4, 0.5) is 0 Å². The van der Waals surface area contributed by atoms with Crippen molar-refractivity contribution in [1.82, 2.24) is 25.1 Å². The quantitative estimate of drug-likeness (QED) is 0.581. The van der Waals surface area contributed by atoms with Crippen LogP contribution in [0.3, 0.4) is 0 Å². The lowest BCUT2D eigenvalue weighted by atomic mass is 10.2. The molecule has 0 aliphatic rings. The number of rotatable bonds is 4. The number of nitrogen functional groups attached to an aromatic ring is 1. The maximum atomic E-state index is 5.94. The molecule has 0 aliphatic carbocycles. The van der Waals surface area contributed by atoms with E-state index in [-0.39, 0.29) is 0 Å². The minimum Gasteiger partial charge on any atom is -0.420 e. The lowest BCUT2D eigenvalue weighted by Gasteiger charge is -1.98. The van der Waals surface area contributed by atoms with Crippen molar-refractivity contribution in [2.45, 2.75) is 17.8 Å². The van der Waals surface area contributed by atoms with E-state index in [1.54, 1.807) is 19.1 Å². The second kappa shape index (κ2) is 5.74. The van der Waals surface area contributed by atoms with Crippen LogP contribution in [-0.2, 0) is 5.75 Å². The molecule has 0 saturated heterocycles. The molecule has 2 heterocycles. The molecular weight excluding hydrogens is 312 g/mol. The van der Waals surface area contributed by atoms with Gasteiger partial charge in [0.05, 0.1) is 5.75 Å². The van der Waals surface area contributed by atoms with Crippen molar-refractivity contribution in [3.63, 3.8) is 0 Å². The lowest BCUT2D eigenvalue weighted by Crippen LogP contribution is -2.11. The van der Waals surface area contributed by atoms with E-state index in [1.807, 2.05) is 12.1 Å². The summed E-state index contributed by atoms with van der Waals surface area (Å²) in [6, 6.07) is 7.24. The molecule has 0 aliphatic heterocycles. The Balaban J connectivity index is 1.72. The van der Waals surface area contributed by atoms with Crippen LogP contribution in [0.15, 0.2) is 33.8 Å². The molecule has 0 spiro atoms. The van der Waals surface area contributed by atoms with Gasteiger partial charge >= 0.3 is 0 Å². The summed E-state index contributed by atoms with van der Waals surface area (Å²) in [5, 5.41) is 17.0. The molecule has 0 radical (unpaired) electrons. The van der Waals surface area contributed by atoms with Crippen molar-refractivity contribution in [1.29, 1.82) is 0 Å². The van der Waals surface area contributed by atoms with Gasteiger partial charge in [0, 0.05) is 10.6 Å². The highest BCUT2D eigenvalue weighted by Crippen LogP contribution is 2.24. The molecule has 0 fully saturated rings. The molecule has 0 atom stereocenters. The molecule has 3 aromatic rings. The summed E-state index contributed by atoms with van der Waals surface area (Å²) >= 11 is 7.31. The van der Waals surface area contributed by atoms with Crippen molar-refractivity contribution >= 4 is 23.4 Å². The monoisotopic (exact) mass is 322 g/mol. The molecule has 21 heavy (non-hydrogen) atoms. The van der Waals surface area contributed by atoms with Gasteiger partial charge in [-0.25, -0.2) is 4.68 Å². The van der Waals surface area contributed by atoms with E-state index in [4.69, 9.17) is 21.9 Å². The summed E-state index contributed by atoms with van der Waals surface area (Å²) in [5.41, 5.74) is 0.782.